The van der Waals surface area contributed by atoms with E-state index in [9.17, 15) is 0 Å². The molecule has 3 nitrogen and oxygen atoms in total. The van der Waals surface area contributed by atoms with Crippen molar-refractivity contribution in [3.63, 3.8) is 0 Å². The van der Waals surface area contributed by atoms with Crippen LogP contribution >= 0.6 is 11.3 Å². The summed E-state index contributed by atoms with van der Waals surface area (Å²) in [6, 6.07) is 4.10. The van der Waals surface area contributed by atoms with Gasteiger partial charge in [-0.15, -0.1) is 11.3 Å². The van der Waals surface area contributed by atoms with Gasteiger partial charge in [0.25, 0.3) is 0 Å². The molecule has 0 saturated carbocycles. The second-order valence-electron chi connectivity index (χ2n) is 4.17. The largest absolute Gasteiger partial charge is 0.378 e. The third kappa shape index (κ3) is 2.82. The highest BCUT2D eigenvalue weighted by Gasteiger charge is 2.23. The monoisotopic (exact) mass is 236 g/mol. The van der Waals surface area contributed by atoms with Crippen molar-refractivity contribution in [1.82, 2.24) is 5.32 Å². The number of nitriles is 1. The van der Waals surface area contributed by atoms with E-state index >= 15 is 0 Å². The van der Waals surface area contributed by atoms with Gasteiger partial charge in [0.2, 0.25) is 0 Å². The highest BCUT2D eigenvalue weighted by atomic mass is 32.1. The molecule has 16 heavy (non-hydrogen) atoms. The summed E-state index contributed by atoms with van der Waals surface area (Å²) in [7, 11) is 0. The fourth-order valence-corrected chi connectivity index (χ4v) is 2.74. The number of ether oxygens (including phenoxy) is 1. The van der Waals surface area contributed by atoms with Gasteiger partial charge >= 0.3 is 0 Å². The van der Waals surface area contributed by atoms with Crippen molar-refractivity contribution >= 4 is 11.3 Å². The van der Waals surface area contributed by atoms with Crippen LogP contribution in [0.3, 0.4) is 0 Å². The molecule has 1 N–H and O–H groups in total. The summed E-state index contributed by atoms with van der Waals surface area (Å²) in [6.45, 7) is 4.89. The number of nitrogens with zero attached hydrogens (tertiary/aromatic N) is 1. The van der Waals surface area contributed by atoms with Crippen LogP contribution in [0.5, 0.6) is 0 Å². The lowest BCUT2D eigenvalue weighted by molar-refractivity contribution is 0.105. The fraction of sp³-hybridized carbons (Fsp3) is 0.583. The average Bonchev–Trinajstić information content (AvgIpc) is 2.89. The topological polar surface area (TPSA) is 45.0 Å². The summed E-state index contributed by atoms with van der Waals surface area (Å²) < 4.78 is 5.51. The van der Waals surface area contributed by atoms with Crippen molar-refractivity contribution < 1.29 is 4.74 Å². The lowest BCUT2D eigenvalue weighted by Gasteiger charge is -2.14. The van der Waals surface area contributed by atoms with Gasteiger partial charge in [0, 0.05) is 30.0 Å². The zero-order chi connectivity index (χ0) is 11.4. The summed E-state index contributed by atoms with van der Waals surface area (Å²) >= 11 is 1.64. The molecular weight excluding hydrogens is 220 g/mol. The standard InChI is InChI=1S/C12H16N2OS/c1-9-11(2-3-15-9)6-14-7-12-4-10(5-13)8-16-12/h4,8-9,11,14H,2-3,6-7H2,1H3. The molecule has 4 heteroatoms. The van der Waals surface area contributed by atoms with Crippen LogP contribution in [0.2, 0.25) is 0 Å². The molecular formula is C12H16N2OS. The van der Waals surface area contributed by atoms with Gasteiger partial charge < -0.3 is 10.1 Å². The van der Waals surface area contributed by atoms with E-state index in [2.05, 4.69) is 18.3 Å². The first-order chi connectivity index (χ1) is 7.79. The van der Waals surface area contributed by atoms with Gasteiger partial charge in [-0.1, -0.05) is 0 Å². The van der Waals surface area contributed by atoms with E-state index in [0.29, 0.717) is 12.0 Å². The van der Waals surface area contributed by atoms with E-state index in [1.165, 1.54) is 4.88 Å². The Kier molecular flexibility index (Phi) is 3.94. The van der Waals surface area contributed by atoms with E-state index in [-0.39, 0.29) is 0 Å². The van der Waals surface area contributed by atoms with Gasteiger partial charge in [-0.2, -0.15) is 5.26 Å². The molecule has 1 fully saturated rings. The number of hydrogen-bond donors (Lipinski definition) is 1. The van der Waals surface area contributed by atoms with E-state index in [4.69, 9.17) is 10.00 Å². The molecule has 2 unspecified atom stereocenters. The number of hydrogen-bond acceptors (Lipinski definition) is 4. The minimum atomic E-state index is 0.380. The van der Waals surface area contributed by atoms with E-state index in [0.717, 1.165) is 31.7 Å². The van der Waals surface area contributed by atoms with Crippen molar-refractivity contribution in [3.05, 3.63) is 21.9 Å². The molecule has 0 aliphatic carbocycles. The second kappa shape index (κ2) is 5.44. The molecule has 2 rings (SSSR count). The molecule has 1 aromatic heterocycles. The van der Waals surface area contributed by atoms with Gasteiger partial charge in [0.1, 0.15) is 6.07 Å². The maximum atomic E-state index is 8.70. The van der Waals surface area contributed by atoms with E-state index in [1.54, 1.807) is 11.3 Å². The molecule has 1 aliphatic heterocycles. The lowest BCUT2D eigenvalue weighted by Crippen LogP contribution is -2.26. The molecule has 1 aromatic rings. The Bertz CT molecular complexity index is 383. The smallest absolute Gasteiger partial charge is 0.100 e. The zero-order valence-electron chi connectivity index (χ0n) is 9.40. The minimum absolute atomic E-state index is 0.380. The van der Waals surface area contributed by atoms with Crippen LogP contribution in [0.4, 0.5) is 0 Å². The first-order valence-corrected chi connectivity index (χ1v) is 6.47. The third-order valence-electron chi connectivity index (χ3n) is 3.02. The van der Waals surface area contributed by atoms with Crippen LogP contribution < -0.4 is 5.32 Å². The van der Waals surface area contributed by atoms with Gasteiger partial charge in [0.15, 0.2) is 0 Å². The van der Waals surface area contributed by atoms with Gasteiger partial charge in [-0.3, -0.25) is 0 Å². The SMILES string of the molecule is CC1OCCC1CNCc1cc(C#N)cs1. The quantitative estimate of drug-likeness (QED) is 0.871. The molecule has 0 spiro atoms. The Morgan fingerprint density at radius 2 is 2.56 bits per heavy atom. The first kappa shape index (κ1) is 11.6. The maximum Gasteiger partial charge on any atom is 0.100 e. The highest BCUT2D eigenvalue weighted by Crippen LogP contribution is 2.20. The van der Waals surface area contributed by atoms with E-state index < -0.39 is 0 Å². The molecule has 2 atom stereocenters. The Morgan fingerprint density at radius 3 is 3.19 bits per heavy atom. The van der Waals surface area contributed by atoms with Crippen LogP contribution in [0, 0.1) is 17.2 Å². The first-order valence-electron chi connectivity index (χ1n) is 5.59. The van der Waals surface area contributed by atoms with Gasteiger partial charge in [-0.05, 0) is 25.3 Å². The summed E-state index contributed by atoms with van der Waals surface area (Å²) in [5.41, 5.74) is 0.763. The van der Waals surface area contributed by atoms with Crippen molar-refractivity contribution in [2.75, 3.05) is 13.2 Å². The second-order valence-corrected chi connectivity index (χ2v) is 5.16. The van der Waals surface area contributed by atoms with Crippen molar-refractivity contribution in [1.29, 1.82) is 5.26 Å². The highest BCUT2D eigenvalue weighted by molar-refractivity contribution is 7.10. The van der Waals surface area contributed by atoms with Gasteiger partial charge in [0.05, 0.1) is 11.7 Å². The van der Waals surface area contributed by atoms with E-state index in [1.807, 2.05) is 11.4 Å². The number of thiophene rings is 1. The van der Waals surface area contributed by atoms with Crippen LogP contribution in [0.1, 0.15) is 23.8 Å². The molecule has 0 bridgehead atoms. The summed E-state index contributed by atoms with van der Waals surface area (Å²) in [4.78, 5) is 1.23. The Hall–Kier alpha value is -0.890. The van der Waals surface area contributed by atoms with Crippen LogP contribution in [0.25, 0.3) is 0 Å². The van der Waals surface area contributed by atoms with Crippen molar-refractivity contribution in [2.45, 2.75) is 26.0 Å². The van der Waals surface area contributed by atoms with Crippen molar-refractivity contribution in [2.24, 2.45) is 5.92 Å². The van der Waals surface area contributed by atoms with Crippen LogP contribution in [-0.2, 0) is 11.3 Å². The van der Waals surface area contributed by atoms with Crippen LogP contribution in [-0.4, -0.2) is 19.3 Å². The Labute approximate surface area is 100 Å². The number of rotatable bonds is 4. The predicted octanol–water partition coefficient (Wildman–Crippen LogP) is 2.13. The molecule has 1 aliphatic rings. The normalized spacial score (nSPS) is 24.5. The molecule has 0 amide bonds. The van der Waals surface area contributed by atoms with Crippen LogP contribution in [0.15, 0.2) is 11.4 Å². The summed E-state index contributed by atoms with van der Waals surface area (Å²) in [5.74, 6) is 0.635. The molecule has 2 heterocycles. The number of nitrogens with one attached hydrogen (secondary N) is 1. The Morgan fingerprint density at radius 1 is 1.69 bits per heavy atom. The fourth-order valence-electron chi connectivity index (χ4n) is 1.96. The lowest BCUT2D eigenvalue weighted by atomic mass is 10.0. The molecule has 0 radical (unpaired) electrons. The van der Waals surface area contributed by atoms with Crippen molar-refractivity contribution in [3.8, 4) is 6.07 Å². The summed E-state index contributed by atoms with van der Waals surface area (Å²) in [6.07, 6.45) is 1.53. The molecule has 0 aromatic carbocycles. The third-order valence-corrected chi connectivity index (χ3v) is 3.96. The van der Waals surface area contributed by atoms with Gasteiger partial charge in [-0.25, -0.2) is 0 Å². The predicted molar refractivity (Wildman–Crippen MR) is 64.3 cm³/mol. The Balaban J connectivity index is 1.73. The molecule has 86 valence electrons. The maximum absolute atomic E-state index is 8.70. The zero-order valence-corrected chi connectivity index (χ0v) is 10.2. The summed E-state index contributed by atoms with van der Waals surface area (Å²) in [5, 5.41) is 14.0. The average molecular weight is 236 g/mol. The molecule has 1 saturated heterocycles. The minimum Gasteiger partial charge on any atom is -0.378 e.